The van der Waals surface area contributed by atoms with Gasteiger partial charge in [0.05, 0.1) is 12.2 Å². The molecule has 2 heterocycles. The van der Waals surface area contributed by atoms with Crippen molar-refractivity contribution in [3.63, 3.8) is 0 Å². The number of phenolic OH excluding ortho intramolecular Hbond substituents is 1. The second-order valence-corrected chi connectivity index (χ2v) is 10.4. The lowest BCUT2D eigenvalue weighted by Gasteiger charge is -2.29. The third kappa shape index (κ3) is 5.60. The molecule has 8 nitrogen and oxygen atoms in total. The van der Waals surface area contributed by atoms with E-state index in [1.807, 2.05) is 69.3 Å². The van der Waals surface area contributed by atoms with Crippen LogP contribution in [0.25, 0.3) is 0 Å². The van der Waals surface area contributed by atoms with Crippen LogP contribution in [0.5, 0.6) is 11.5 Å². The molecule has 1 aromatic heterocycles. The number of anilines is 2. The van der Waals surface area contributed by atoms with Crippen molar-refractivity contribution in [2.24, 2.45) is 0 Å². The van der Waals surface area contributed by atoms with Crippen LogP contribution in [0.1, 0.15) is 36.6 Å². The number of ether oxygens (including phenoxy) is 1. The third-order valence-corrected chi connectivity index (χ3v) is 7.64. The van der Waals surface area contributed by atoms with E-state index >= 15 is 0 Å². The highest BCUT2D eigenvalue weighted by molar-refractivity contribution is 7.98. The lowest BCUT2D eigenvalue weighted by atomic mass is 9.94. The maximum Gasteiger partial charge on any atom is 0.255 e. The lowest BCUT2D eigenvalue weighted by molar-refractivity contribution is -0.113. The van der Waals surface area contributed by atoms with Gasteiger partial charge in [-0.05, 0) is 61.7 Å². The van der Waals surface area contributed by atoms with Crippen LogP contribution in [0.15, 0.2) is 83.2 Å². The van der Waals surface area contributed by atoms with E-state index in [0.29, 0.717) is 45.5 Å². The number of carbonyl (C=O) groups is 1. The van der Waals surface area contributed by atoms with Crippen molar-refractivity contribution in [1.82, 2.24) is 14.8 Å². The Bertz CT molecular complexity index is 1570. The van der Waals surface area contributed by atoms with E-state index in [4.69, 9.17) is 26.4 Å². The minimum Gasteiger partial charge on any atom is -0.504 e. The Labute approximate surface area is 236 Å². The second-order valence-electron chi connectivity index (χ2n) is 9.04. The Morgan fingerprint density at radius 2 is 1.92 bits per heavy atom. The normalized spacial score (nSPS) is 14.5. The molecule has 0 spiro atoms. The predicted octanol–water partition coefficient (Wildman–Crippen LogP) is 6.56. The molecule has 0 saturated carbocycles. The Morgan fingerprint density at radius 3 is 2.69 bits per heavy atom. The Kier molecular flexibility index (Phi) is 7.81. The summed E-state index contributed by atoms with van der Waals surface area (Å²) in [6.45, 7) is 6.02. The van der Waals surface area contributed by atoms with Crippen LogP contribution in [0.4, 0.5) is 11.6 Å². The summed E-state index contributed by atoms with van der Waals surface area (Å²) in [5, 5.41) is 22.7. The molecule has 0 aliphatic carbocycles. The molecule has 5 rings (SSSR count). The van der Waals surface area contributed by atoms with Gasteiger partial charge in [0.25, 0.3) is 5.91 Å². The topological polar surface area (TPSA) is 101 Å². The fourth-order valence-electron chi connectivity index (χ4n) is 4.43. The van der Waals surface area contributed by atoms with Crippen molar-refractivity contribution in [2.75, 3.05) is 17.2 Å². The molecular formula is C29H28ClN5O3S. The van der Waals surface area contributed by atoms with Crippen molar-refractivity contribution < 1.29 is 14.6 Å². The van der Waals surface area contributed by atoms with Crippen LogP contribution in [0, 0.1) is 6.92 Å². The average molecular weight is 562 g/mol. The van der Waals surface area contributed by atoms with Gasteiger partial charge in [-0.3, -0.25) is 4.79 Å². The molecular weight excluding hydrogens is 534 g/mol. The van der Waals surface area contributed by atoms with Gasteiger partial charge < -0.3 is 20.5 Å². The van der Waals surface area contributed by atoms with Gasteiger partial charge in [0.1, 0.15) is 6.04 Å². The number of phenols is 1. The number of carbonyl (C=O) groups excluding carboxylic acids is 1. The van der Waals surface area contributed by atoms with E-state index in [2.05, 4.69) is 10.6 Å². The van der Waals surface area contributed by atoms with Crippen LogP contribution in [0.3, 0.4) is 0 Å². The highest BCUT2D eigenvalue weighted by atomic mass is 35.5. The van der Waals surface area contributed by atoms with Crippen molar-refractivity contribution in [3.8, 4) is 11.5 Å². The Morgan fingerprint density at radius 1 is 1.15 bits per heavy atom. The number of rotatable bonds is 8. The number of allylic oxidation sites excluding steroid dienone is 1. The van der Waals surface area contributed by atoms with Gasteiger partial charge >= 0.3 is 0 Å². The largest absolute Gasteiger partial charge is 0.504 e. The van der Waals surface area contributed by atoms with Crippen molar-refractivity contribution >= 4 is 40.9 Å². The number of benzene rings is 3. The molecule has 1 aliphatic heterocycles. The number of nitrogens with one attached hydrogen (secondary N) is 2. The first-order chi connectivity index (χ1) is 18.9. The SMILES string of the molecule is CCOc1cc(C2C(C(=O)Nc3ccccc3C)=C(C)Nc3nc(SCc4ccccc4Cl)nn32)ccc1O. The van der Waals surface area contributed by atoms with E-state index in [9.17, 15) is 9.90 Å². The molecule has 0 saturated heterocycles. The summed E-state index contributed by atoms with van der Waals surface area (Å²) in [7, 11) is 0. The molecule has 39 heavy (non-hydrogen) atoms. The molecule has 3 N–H and O–H groups in total. The Hall–Kier alpha value is -3.95. The van der Waals surface area contributed by atoms with E-state index < -0.39 is 6.04 Å². The summed E-state index contributed by atoms with van der Waals surface area (Å²) in [5.41, 5.74) is 4.51. The summed E-state index contributed by atoms with van der Waals surface area (Å²) >= 11 is 7.80. The van der Waals surface area contributed by atoms with Crippen LogP contribution >= 0.6 is 23.4 Å². The number of aryl methyl sites for hydroxylation is 1. The molecule has 0 bridgehead atoms. The summed E-state index contributed by atoms with van der Waals surface area (Å²) in [6.07, 6.45) is 0. The molecule has 3 aromatic carbocycles. The maximum atomic E-state index is 13.8. The monoisotopic (exact) mass is 561 g/mol. The van der Waals surface area contributed by atoms with E-state index in [1.165, 1.54) is 11.8 Å². The summed E-state index contributed by atoms with van der Waals surface area (Å²) < 4.78 is 7.36. The number of hydrogen-bond donors (Lipinski definition) is 3. The van der Waals surface area contributed by atoms with Gasteiger partial charge in [0.15, 0.2) is 11.5 Å². The zero-order valence-corrected chi connectivity index (χ0v) is 23.3. The number of hydrogen-bond acceptors (Lipinski definition) is 7. The molecule has 1 amide bonds. The number of fused-ring (bicyclic) bond motifs is 1. The highest BCUT2D eigenvalue weighted by Crippen LogP contribution is 2.40. The molecule has 1 unspecified atom stereocenters. The molecule has 0 fully saturated rings. The lowest BCUT2D eigenvalue weighted by Crippen LogP contribution is -2.31. The maximum absolute atomic E-state index is 13.8. The van der Waals surface area contributed by atoms with Crippen LogP contribution in [-0.2, 0) is 10.5 Å². The first-order valence-electron chi connectivity index (χ1n) is 12.5. The van der Waals surface area contributed by atoms with Gasteiger partial charge in [-0.25, -0.2) is 4.68 Å². The molecule has 1 aliphatic rings. The summed E-state index contributed by atoms with van der Waals surface area (Å²) in [4.78, 5) is 18.5. The van der Waals surface area contributed by atoms with E-state index in [1.54, 1.807) is 22.9 Å². The van der Waals surface area contributed by atoms with Crippen LogP contribution < -0.4 is 15.4 Å². The predicted molar refractivity (Wildman–Crippen MR) is 155 cm³/mol. The minimum atomic E-state index is -0.618. The average Bonchev–Trinajstić information content (AvgIpc) is 3.32. The number of para-hydroxylation sites is 1. The summed E-state index contributed by atoms with van der Waals surface area (Å²) in [6, 6.07) is 19.7. The second kappa shape index (κ2) is 11.4. The summed E-state index contributed by atoms with van der Waals surface area (Å²) in [5.74, 6) is 1.19. The Balaban J connectivity index is 1.54. The number of nitrogens with zero attached hydrogens (tertiary/aromatic N) is 3. The fourth-order valence-corrected chi connectivity index (χ4v) is 5.54. The van der Waals surface area contributed by atoms with E-state index in [-0.39, 0.29) is 11.7 Å². The molecule has 10 heteroatoms. The molecule has 200 valence electrons. The van der Waals surface area contributed by atoms with Crippen molar-refractivity contribution in [1.29, 1.82) is 0 Å². The third-order valence-electron chi connectivity index (χ3n) is 6.39. The quantitative estimate of drug-likeness (QED) is 0.209. The minimum absolute atomic E-state index is 0.0240. The first kappa shape index (κ1) is 26.6. The van der Waals surface area contributed by atoms with Crippen molar-refractivity contribution in [2.45, 2.75) is 37.7 Å². The van der Waals surface area contributed by atoms with Gasteiger partial charge in [0.2, 0.25) is 11.1 Å². The number of halogens is 1. The fraction of sp³-hybridized carbons (Fsp3) is 0.207. The highest BCUT2D eigenvalue weighted by Gasteiger charge is 2.35. The van der Waals surface area contributed by atoms with Crippen molar-refractivity contribution in [3.05, 3.63) is 99.7 Å². The number of thioether (sulfide) groups is 1. The molecule has 0 radical (unpaired) electrons. The van der Waals surface area contributed by atoms with E-state index in [0.717, 1.165) is 22.4 Å². The van der Waals surface area contributed by atoms with Gasteiger partial charge in [0, 0.05) is 22.2 Å². The molecule has 4 aromatic rings. The number of amides is 1. The first-order valence-corrected chi connectivity index (χ1v) is 13.8. The zero-order chi connectivity index (χ0) is 27.5. The standard InChI is InChI=1S/C29H28ClN5O3S/c1-4-38-24-15-19(13-14-23(24)36)26-25(27(37)32-22-12-8-5-9-17(22)2)18(3)31-28-33-29(34-35(26)28)39-16-20-10-6-7-11-21(20)30/h5-15,26,36H,4,16H2,1-3H3,(H,32,37)(H,31,33,34). The number of aromatic hydroxyl groups is 1. The van der Waals surface area contributed by atoms with Crippen LogP contribution in [0.2, 0.25) is 5.02 Å². The van der Waals surface area contributed by atoms with Gasteiger partial charge in [-0.2, -0.15) is 4.98 Å². The molecule has 1 atom stereocenters. The number of aromatic nitrogens is 3. The zero-order valence-electron chi connectivity index (χ0n) is 21.7. The van der Waals surface area contributed by atoms with Crippen LogP contribution in [-0.4, -0.2) is 32.4 Å². The van der Waals surface area contributed by atoms with Gasteiger partial charge in [-0.1, -0.05) is 65.8 Å². The van der Waals surface area contributed by atoms with Gasteiger partial charge in [-0.15, -0.1) is 5.10 Å². The smallest absolute Gasteiger partial charge is 0.255 e.